The third-order valence-electron chi connectivity index (χ3n) is 5.53. The highest BCUT2D eigenvalue weighted by atomic mass is 32.2. The van der Waals surface area contributed by atoms with E-state index in [9.17, 15) is 17.6 Å². The minimum Gasteiger partial charge on any atom is -0.382 e. The van der Waals surface area contributed by atoms with Crippen molar-refractivity contribution >= 4 is 22.0 Å². The molecule has 8 nitrogen and oxygen atoms in total. The lowest BCUT2D eigenvalue weighted by Crippen LogP contribution is -2.41. The molecule has 0 bridgehead atoms. The predicted molar refractivity (Wildman–Crippen MR) is 126 cm³/mol. The molecule has 1 atom stereocenters. The first-order valence-corrected chi connectivity index (χ1v) is 12.1. The normalized spacial score (nSPS) is 18.1. The largest absolute Gasteiger partial charge is 0.382 e. The summed E-state index contributed by atoms with van der Waals surface area (Å²) in [4.78, 5) is 23.0. The highest BCUT2D eigenvalue weighted by Crippen LogP contribution is 2.41. The van der Waals surface area contributed by atoms with Crippen molar-refractivity contribution in [3.8, 4) is 16.9 Å². The van der Waals surface area contributed by atoms with Crippen LogP contribution in [0.25, 0.3) is 11.1 Å². The summed E-state index contributed by atoms with van der Waals surface area (Å²) in [5.74, 6) is -0.886. The fourth-order valence-electron chi connectivity index (χ4n) is 3.84. The van der Waals surface area contributed by atoms with Crippen LogP contribution in [0.15, 0.2) is 71.9 Å². The second-order valence-corrected chi connectivity index (χ2v) is 9.55. The standard InChI is InChI=1S/C24H23FN4O4S/c1-3-13-34(31,32)33-20-10-8-18(9-11-20)24(22(30)29(2)23(26)28-24)19-6-4-5-16(14-19)17-7-12-21(25)27-15-17/h4-12,14-15H,3,13H2,1-2H3,(H2,26,28). The number of nitrogens with two attached hydrogens (primary N) is 1. The lowest BCUT2D eigenvalue weighted by molar-refractivity contribution is -0.129. The van der Waals surface area contributed by atoms with E-state index in [2.05, 4.69) is 9.98 Å². The zero-order valence-electron chi connectivity index (χ0n) is 18.6. The summed E-state index contributed by atoms with van der Waals surface area (Å²) in [7, 11) is -2.17. The van der Waals surface area contributed by atoms with Gasteiger partial charge in [0, 0.05) is 18.8 Å². The van der Waals surface area contributed by atoms with Gasteiger partial charge in [0.25, 0.3) is 5.91 Å². The van der Waals surface area contributed by atoms with Crippen molar-refractivity contribution in [2.75, 3.05) is 12.8 Å². The van der Waals surface area contributed by atoms with Gasteiger partial charge in [-0.05, 0) is 53.4 Å². The van der Waals surface area contributed by atoms with E-state index < -0.39 is 21.6 Å². The minimum absolute atomic E-state index is 0.0460. The van der Waals surface area contributed by atoms with E-state index in [1.54, 1.807) is 43.3 Å². The zero-order chi connectivity index (χ0) is 24.5. The van der Waals surface area contributed by atoms with Gasteiger partial charge in [0.05, 0.1) is 5.75 Å². The van der Waals surface area contributed by atoms with Crippen LogP contribution in [0.4, 0.5) is 4.39 Å². The Labute approximate surface area is 197 Å². The number of amides is 1. The smallest absolute Gasteiger partial charge is 0.309 e. The third-order valence-corrected chi connectivity index (χ3v) is 6.89. The number of nitrogens with zero attached hydrogens (tertiary/aromatic N) is 3. The highest BCUT2D eigenvalue weighted by molar-refractivity contribution is 7.87. The number of halogens is 1. The van der Waals surface area contributed by atoms with Crippen molar-refractivity contribution in [1.29, 1.82) is 0 Å². The van der Waals surface area contributed by atoms with Gasteiger partial charge in [-0.2, -0.15) is 12.8 Å². The summed E-state index contributed by atoms with van der Waals surface area (Å²) < 4.78 is 42.4. The molecule has 1 unspecified atom stereocenters. The molecule has 2 aromatic carbocycles. The van der Waals surface area contributed by atoms with Gasteiger partial charge >= 0.3 is 10.1 Å². The highest BCUT2D eigenvalue weighted by Gasteiger charge is 2.49. The van der Waals surface area contributed by atoms with Crippen LogP contribution in [0.5, 0.6) is 5.75 Å². The molecule has 2 N–H and O–H groups in total. The molecule has 0 radical (unpaired) electrons. The maximum Gasteiger partial charge on any atom is 0.309 e. The number of likely N-dealkylation sites (N-methyl/N-ethyl adjacent to an activating group) is 1. The Kier molecular flexibility index (Phi) is 6.09. The predicted octanol–water partition coefficient (Wildman–Crippen LogP) is 3.04. The fourth-order valence-corrected chi connectivity index (χ4v) is 4.83. The Morgan fingerprint density at radius 2 is 1.79 bits per heavy atom. The molecule has 2 heterocycles. The number of carbonyl (C=O) groups is 1. The zero-order valence-corrected chi connectivity index (χ0v) is 19.4. The molecular formula is C24H23FN4O4S. The lowest BCUT2D eigenvalue weighted by Gasteiger charge is -2.26. The van der Waals surface area contributed by atoms with Gasteiger partial charge in [-0.15, -0.1) is 0 Å². The first-order chi connectivity index (χ1) is 16.2. The van der Waals surface area contributed by atoms with Crippen molar-refractivity contribution in [2.24, 2.45) is 10.7 Å². The maximum absolute atomic E-state index is 13.5. The summed E-state index contributed by atoms with van der Waals surface area (Å²) in [5, 5.41) is 0. The topological polar surface area (TPSA) is 115 Å². The van der Waals surface area contributed by atoms with Gasteiger partial charge in [0.2, 0.25) is 5.95 Å². The van der Waals surface area contributed by atoms with Gasteiger partial charge in [-0.3, -0.25) is 9.69 Å². The van der Waals surface area contributed by atoms with Crippen molar-refractivity contribution in [3.05, 3.63) is 83.9 Å². The second kappa shape index (κ2) is 8.86. The molecule has 1 amide bonds. The number of carbonyl (C=O) groups excluding carboxylic acids is 1. The SMILES string of the molecule is CCCS(=O)(=O)Oc1ccc(C2(c3cccc(-c4ccc(F)nc4)c3)N=C(N)N(C)C2=O)cc1. The average Bonchev–Trinajstić information content (AvgIpc) is 3.04. The van der Waals surface area contributed by atoms with E-state index in [1.807, 2.05) is 6.07 Å². The summed E-state index contributed by atoms with van der Waals surface area (Å²) in [6.07, 6.45) is 1.84. The summed E-state index contributed by atoms with van der Waals surface area (Å²) in [6, 6.07) is 16.1. The Morgan fingerprint density at radius 3 is 2.38 bits per heavy atom. The van der Waals surface area contributed by atoms with Crippen LogP contribution in [0.1, 0.15) is 24.5 Å². The summed E-state index contributed by atoms with van der Waals surface area (Å²) in [6.45, 7) is 1.74. The van der Waals surface area contributed by atoms with Gasteiger partial charge in [-0.1, -0.05) is 37.3 Å². The molecule has 0 spiro atoms. The molecular weight excluding hydrogens is 459 g/mol. The van der Waals surface area contributed by atoms with Crippen LogP contribution in [-0.2, 0) is 20.5 Å². The number of guanidine groups is 1. The molecule has 1 aliphatic heterocycles. The molecule has 0 saturated carbocycles. The number of pyridine rings is 1. The molecule has 176 valence electrons. The van der Waals surface area contributed by atoms with Crippen LogP contribution < -0.4 is 9.92 Å². The maximum atomic E-state index is 13.5. The van der Waals surface area contributed by atoms with Gasteiger partial charge < -0.3 is 9.92 Å². The van der Waals surface area contributed by atoms with E-state index in [4.69, 9.17) is 9.92 Å². The molecule has 34 heavy (non-hydrogen) atoms. The van der Waals surface area contributed by atoms with Gasteiger partial charge in [0.15, 0.2) is 11.5 Å². The third kappa shape index (κ3) is 4.24. The molecule has 4 rings (SSSR count). The number of benzene rings is 2. The van der Waals surface area contributed by atoms with Crippen molar-refractivity contribution < 1.29 is 21.8 Å². The fraction of sp³-hybridized carbons (Fsp3) is 0.208. The molecule has 3 aromatic rings. The van der Waals surface area contributed by atoms with Crippen molar-refractivity contribution in [3.63, 3.8) is 0 Å². The van der Waals surface area contributed by atoms with E-state index in [0.29, 0.717) is 28.7 Å². The first-order valence-electron chi connectivity index (χ1n) is 10.5. The molecule has 0 saturated heterocycles. The number of rotatable bonds is 7. The van der Waals surface area contributed by atoms with Gasteiger partial charge in [-0.25, -0.2) is 9.98 Å². The Morgan fingerprint density at radius 1 is 1.06 bits per heavy atom. The average molecular weight is 483 g/mol. The summed E-state index contributed by atoms with van der Waals surface area (Å²) in [5.41, 5.74) is 6.95. The number of aliphatic imine (C=N–C) groups is 1. The second-order valence-electron chi connectivity index (χ2n) is 7.86. The molecule has 0 fully saturated rings. The molecule has 1 aromatic heterocycles. The Balaban J connectivity index is 1.80. The van der Waals surface area contributed by atoms with E-state index in [1.165, 1.54) is 36.3 Å². The van der Waals surface area contributed by atoms with Crippen LogP contribution in [0.3, 0.4) is 0 Å². The van der Waals surface area contributed by atoms with Crippen molar-refractivity contribution in [2.45, 2.75) is 18.9 Å². The van der Waals surface area contributed by atoms with Crippen LogP contribution in [-0.4, -0.2) is 43.0 Å². The first kappa shape index (κ1) is 23.4. The molecule has 0 aliphatic carbocycles. The van der Waals surface area contributed by atoms with E-state index in [-0.39, 0.29) is 23.4 Å². The van der Waals surface area contributed by atoms with E-state index >= 15 is 0 Å². The number of aromatic nitrogens is 1. The molecule has 10 heteroatoms. The lowest BCUT2D eigenvalue weighted by atomic mass is 9.82. The van der Waals surface area contributed by atoms with Crippen LogP contribution >= 0.6 is 0 Å². The Hall–Kier alpha value is -3.79. The number of hydrogen-bond donors (Lipinski definition) is 1. The monoisotopic (exact) mass is 482 g/mol. The quantitative estimate of drug-likeness (QED) is 0.409. The summed E-state index contributed by atoms with van der Waals surface area (Å²) >= 11 is 0. The number of hydrogen-bond acceptors (Lipinski definition) is 7. The van der Waals surface area contributed by atoms with Crippen LogP contribution in [0, 0.1) is 5.95 Å². The van der Waals surface area contributed by atoms with Crippen LogP contribution in [0.2, 0.25) is 0 Å². The van der Waals surface area contributed by atoms with E-state index in [0.717, 1.165) is 0 Å². The molecule has 1 aliphatic rings. The van der Waals surface area contributed by atoms with Gasteiger partial charge in [0.1, 0.15) is 5.75 Å². The minimum atomic E-state index is -3.71. The Bertz CT molecular complexity index is 1360. The van der Waals surface area contributed by atoms with Crippen molar-refractivity contribution in [1.82, 2.24) is 9.88 Å².